The maximum atomic E-state index is 12.0. The Hall–Kier alpha value is -3.59. The second-order valence-electron chi connectivity index (χ2n) is 5.38. The van der Waals surface area contributed by atoms with Crippen LogP contribution in [-0.2, 0) is 14.3 Å². The Bertz CT molecular complexity index is 864. The standard InChI is InChI=1S/C20H18N2O4/c1-14-5-3-4-6-18(14)22-19(23)13-26-20(24)16(12-21)11-15-7-9-17(25-2)10-8-15/h3-11H,13H2,1-2H3,(H,22,23). The fourth-order valence-electron chi connectivity index (χ4n) is 2.11. The van der Waals surface area contributed by atoms with E-state index in [1.807, 2.05) is 19.1 Å². The van der Waals surface area contributed by atoms with Gasteiger partial charge in [-0.1, -0.05) is 30.3 Å². The van der Waals surface area contributed by atoms with Gasteiger partial charge in [-0.15, -0.1) is 0 Å². The summed E-state index contributed by atoms with van der Waals surface area (Å²) in [7, 11) is 1.55. The molecule has 26 heavy (non-hydrogen) atoms. The van der Waals surface area contributed by atoms with Gasteiger partial charge in [0, 0.05) is 5.69 Å². The molecule has 0 saturated carbocycles. The summed E-state index contributed by atoms with van der Waals surface area (Å²) in [6.45, 7) is 1.38. The number of benzene rings is 2. The predicted octanol–water partition coefficient (Wildman–Crippen LogP) is 3.09. The average Bonchev–Trinajstić information content (AvgIpc) is 2.66. The van der Waals surface area contributed by atoms with Gasteiger partial charge in [0.15, 0.2) is 6.61 Å². The van der Waals surface area contributed by atoms with E-state index in [0.29, 0.717) is 17.0 Å². The number of methoxy groups -OCH3 is 1. The van der Waals surface area contributed by atoms with Crippen molar-refractivity contribution >= 4 is 23.6 Å². The molecular weight excluding hydrogens is 332 g/mol. The number of nitrogens with zero attached hydrogens (tertiary/aromatic N) is 1. The summed E-state index contributed by atoms with van der Waals surface area (Å²) < 4.78 is 9.97. The molecule has 2 rings (SSSR count). The molecule has 2 aromatic rings. The molecule has 0 aliphatic heterocycles. The third kappa shape index (κ3) is 5.21. The second kappa shape index (κ2) is 9.04. The molecule has 1 amide bonds. The number of anilines is 1. The maximum Gasteiger partial charge on any atom is 0.349 e. The molecule has 0 aliphatic carbocycles. The fourth-order valence-corrected chi connectivity index (χ4v) is 2.11. The number of carbonyl (C=O) groups excluding carboxylic acids is 2. The lowest BCUT2D eigenvalue weighted by Gasteiger charge is -2.08. The molecular formula is C20H18N2O4. The van der Waals surface area contributed by atoms with E-state index in [1.165, 1.54) is 6.08 Å². The maximum absolute atomic E-state index is 12.0. The Morgan fingerprint density at radius 2 is 1.85 bits per heavy atom. The number of hydrogen-bond donors (Lipinski definition) is 1. The number of carbonyl (C=O) groups is 2. The van der Waals surface area contributed by atoms with Crippen LogP contribution in [0.1, 0.15) is 11.1 Å². The zero-order chi connectivity index (χ0) is 18.9. The number of nitriles is 1. The van der Waals surface area contributed by atoms with Crippen molar-refractivity contribution in [2.45, 2.75) is 6.92 Å². The van der Waals surface area contributed by atoms with Gasteiger partial charge < -0.3 is 14.8 Å². The van der Waals surface area contributed by atoms with Crippen molar-refractivity contribution in [1.29, 1.82) is 5.26 Å². The Labute approximate surface area is 151 Å². The quantitative estimate of drug-likeness (QED) is 0.491. The molecule has 2 aromatic carbocycles. The first-order valence-corrected chi connectivity index (χ1v) is 7.82. The van der Waals surface area contributed by atoms with Crippen LogP contribution in [0.2, 0.25) is 0 Å². The summed E-state index contributed by atoms with van der Waals surface area (Å²) in [4.78, 5) is 23.9. The first kappa shape index (κ1) is 18.7. The summed E-state index contributed by atoms with van der Waals surface area (Å²) in [5.74, 6) is -0.672. The molecule has 6 nitrogen and oxygen atoms in total. The minimum Gasteiger partial charge on any atom is -0.497 e. The topological polar surface area (TPSA) is 88.4 Å². The van der Waals surface area contributed by atoms with Crippen molar-refractivity contribution in [3.63, 3.8) is 0 Å². The Balaban J connectivity index is 1.96. The van der Waals surface area contributed by atoms with Crippen molar-refractivity contribution in [2.24, 2.45) is 0 Å². The molecule has 6 heteroatoms. The van der Waals surface area contributed by atoms with Crippen molar-refractivity contribution in [3.8, 4) is 11.8 Å². The third-order valence-electron chi connectivity index (χ3n) is 3.52. The van der Waals surface area contributed by atoms with E-state index in [-0.39, 0.29) is 5.57 Å². The summed E-state index contributed by atoms with van der Waals surface area (Å²) in [6, 6.07) is 15.9. The van der Waals surface area contributed by atoms with Crippen molar-refractivity contribution in [3.05, 3.63) is 65.2 Å². The summed E-state index contributed by atoms with van der Waals surface area (Å²) in [6.07, 6.45) is 1.39. The molecule has 0 fully saturated rings. The molecule has 0 saturated heterocycles. The van der Waals surface area contributed by atoms with E-state index in [0.717, 1.165) is 5.56 Å². The summed E-state index contributed by atoms with van der Waals surface area (Å²) in [5, 5.41) is 11.8. The van der Waals surface area contributed by atoms with Gasteiger partial charge in [0.1, 0.15) is 17.4 Å². The van der Waals surface area contributed by atoms with E-state index < -0.39 is 18.5 Å². The van der Waals surface area contributed by atoms with Crippen LogP contribution in [0.5, 0.6) is 5.75 Å². The molecule has 0 aromatic heterocycles. The fraction of sp³-hybridized carbons (Fsp3) is 0.150. The summed E-state index contributed by atoms with van der Waals surface area (Å²) >= 11 is 0. The zero-order valence-electron chi connectivity index (χ0n) is 14.5. The van der Waals surface area contributed by atoms with Crippen LogP contribution in [-0.4, -0.2) is 25.6 Å². The van der Waals surface area contributed by atoms with Crippen molar-refractivity contribution < 1.29 is 19.1 Å². The molecule has 0 spiro atoms. The van der Waals surface area contributed by atoms with Gasteiger partial charge in [0.2, 0.25) is 0 Å². The van der Waals surface area contributed by atoms with Gasteiger partial charge >= 0.3 is 5.97 Å². The molecule has 0 radical (unpaired) electrons. The first-order valence-electron chi connectivity index (χ1n) is 7.82. The van der Waals surface area contributed by atoms with Crippen molar-refractivity contribution in [2.75, 3.05) is 19.0 Å². The Morgan fingerprint density at radius 1 is 1.15 bits per heavy atom. The number of nitrogens with one attached hydrogen (secondary N) is 1. The molecule has 132 valence electrons. The Morgan fingerprint density at radius 3 is 2.46 bits per heavy atom. The van der Waals surface area contributed by atoms with Gasteiger partial charge in [0.25, 0.3) is 5.91 Å². The smallest absolute Gasteiger partial charge is 0.349 e. The number of para-hydroxylation sites is 1. The highest BCUT2D eigenvalue weighted by Gasteiger charge is 2.13. The van der Waals surface area contributed by atoms with Gasteiger partial charge in [-0.2, -0.15) is 5.26 Å². The van der Waals surface area contributed by atoms with E-state index in [9.17, 15) is 9.59 Å². The van der Waals surface area contributed by atoms with E-state index in [2.05, 4.69) is 5.32 Å². The normalized spacial score (nSPS) is 10.6. The molecule has 0 atom stereocenters. The van der Waals surface area contributed by atoms with Crippen LogP contribution >= 0.6 is 0 Å². The third-order valence-corrected chi connectivity index (χ3v) is 3.52. The van der Waals surface area contributed by atoms with Crippen LogP contribution < -0.4 is 10.1 Å². The molecule has 0 unspecified atom stereocenters. The first-order chi connectivity index (χ1) is 12.5. The van der Waals surface area contributed by atoms with E-state index in [4.69, 9.17) is 14.7 Å². The Kier molecular flexibility index (Phi) is 6.52. The highest BCUT2D eigenvalue weighted by atomic mass is 16.5. The molecule has 0 bridgehead atoms. The van der Waals surface area contributed by atoms with Crippen LogP contribution in [0, 0.1) is 18.3 Å². The SMILES string of the molecule is COc1ccc(C=C(C#N)C(=O)OCC(=O)Nc2ccccc2C)cc1. The second-order valence-corrected chi connectivity index (χ2v) is 5.38. The van der Waals surface area contributed by atoms with Crippen LogP contribution in [0.25, 0.3) is 6.08 Å². The van der Waals surface area contributed by atoms with Gasteiger partial charge in [-0.05, 0) is 42.3 Å². The number of amides is 1. The lowest BCUT2D eigenvalue weighted by molar-refractivity contribution is -0.142. The lowest BCUT2D eigenvalue weighted by atomic mass is 10.1. The van der Waals surface area contributed by atoms with Crippen LogP contribution in [0.15, 0.2) is 54.1 Å². The zero-order valence-corrected chi connectivity index (χ0v) is 14.5. The number of esters is 1. The van der Waals surface area contributed by atoms with Gasteiger partial charge in [-0.3, -0.25) is 4.79 Å². The number of ether oxygens (including phenoxy) is 2. The number of rotatable bonds is 6. The molecule has 0 aliphatic rings. The van der Waals surface area contributed by atoms with Gasteiger partial charge in [0.05, 0.1) is 7.11 Å². The molecule has 1 N–H and O–H groups in total. The highest BCUT2D eigenvalue weighted by Crippen LogP contribution is 2.15. The summed E-state index contributed by atoms with van der Waals surface area (Å²) in [5.41, 5.74) is 1.98. The van der Waals surface area contributed by atoms with E-state index in [1.54, 1.807) is 49.6 Å². The average molecular weight is 350 g/mol. The van der Waals surface area contributed by atoms with Crippen molar-refractivity contribution in [1.82, 2.24) is 0 Å². The lowest BCUT2D eigenvalue weighted by Crippen LogP contribution is -2.21. The monoisotopic (exact) mass is 350 g/mol. The minimum atomic E-state index is -0.858. The predicted molar refractivity (Wildman–Crippen MR) is 97.4 cm³/mol. The number of hydrogen-bond acceptors (Lipinski definition) is 5. The minimum absolute atomic E-state index is 0.196. The van der Waals surface area contributed by atoms with Crippen LogP contribution in [0.4, 0.5) is 5.69 Å². The largest absolute Gasteiger partial charge is 0.497 e. The van der Waals surface area contributed by atoms with Crippen LogP contribution in [0.3, 0.4) is 0 Å². The van der Waals surface area contributed by atoms with E-state index >= 15 is 0 Å². The number of aryl methyl sites for hydroxylation is 1. The highest BCUT2D eigenvalue weighted by molar-refractivity contribution is 6.00. The molecule has 0 heterocycles. The van der Waals surface area contributed by atoms with Gasteiger partial charge in [-0.25, -0.2) is 4.79 Å².